The van der Waals surface area contributed by atoms with Crippen LogP contribution in [0.5, 0.6) is 0 Å². The Bertz CT molecular complexity index is 110. The van der Waals surface area contributed by atoms with E-state index in [0.717, 1.165) is 25.0 Å². The van der Waals surface area contributed by atoms with Crippen molar-refractivity contribution in [3.8, 4) is 0 Å². The molecule has 0 aliphatic heterocycles. The molecule has 0 N–H and O–H groups in total. The second-order valence-electron chi connectivity index (χ2n) is 2.11. The average molecular weight is 159 g/mol. The van der Waals surface area contributed by atoms with Gasteiger partial charge in [-0.1, -0.05) is 12.8 Å². The van der Waals surface area contributed by atoms with Gasteiger partial charge in [0.05, 0.1) is 6.54 Å². The van der Waals surface area contributed by atoms with Crippen molar-refractivity contribution < 1.29 is 4.79 Å². The maximum Gasteiger partial charge on any atom is 0.234 e. The van der Waals surface area contributed by atoms with Gasteiger partial charge in [0, 0.05) is 0 Å². The Labute approximate surface area is 67.1 Å². The van der Waals surface area contributed by atoms with Crippen LogP contribution in [0.3, 0.4) is 0 Å². The maximum absolute atomic E-state index is 9.59. The third-order valence-electron chi connectivity index (χ3n) is 1.24. The number of hydrogen-bond acceptors (Lipinski definition) is 3. The Hall–Kier alpha value is -0.270. The molecule has 0 saturated heterocycles. The maximum atomic E-state index is 9.59. The van der Waals surface area contributed by atoms with E-state index in [9.17, 15) is 4.79 Å². The third kappa shape index (κ3) is 7.73. The molecule has 0 fully saturated rings. The lowest BCUT2D eigenvalue weighted by molar-refractivity contribution is 0.561. The van der Waals surface area contributed by atoms with Crippen LogP contribution in [-0.2, 0) is 4.79 Å². The number of unbranched alkanes of at least 4 members (excludes halogenated alkanes) is 3. The van der Waals surface area contributed by atoms with Crippen LogP contribution in [0.15, 0.2) is 4.99 Å². The molecule has 0 heterocycles. The number of thiol groups is 1. The number of nitrogens with zero attached hydrogens (tertiary/aromatic N) is 1. The lowest BCUT2D eigenvalue weighted by Gasteiger charge is -1.93. The number of hydrogen-bond donors (Lipinski definition) is 1. The summed E-state index contributed by atoms with van der Waals surface area (Å²) in [5.74, 6) is 0.955. The molecule has 0 bridgehead atoms. The molecule has 0 saturated carbocycles. The quantitative estimate of drug-likeness (QED) is 0.272. The highest BCUT2D eigenvalue weighted by molar-refractivity contribution is 7.80. The first-order valence-electron chi connectivity index (χ1n) is 3.56. The van der Waals surface area contributed by atoms with Gasteiger partial charge < -0.3 is 0 Å². The summed E-state index contributed by atoms with van der Waals surface area (Å²) in [4.78, 5) is 13.0. The summed E-state index contributed by atoms with van der Waals surface area (Å²) in [6, 6.07) is 0. The van der Waals surface area contributed by atoms with E-state index in [-0.39, 0.29) is 0 Å². The van der Waals surface area contributed by atoms with Gasteiger partial charge >= 0.3 is 0 Å². The van der Waals surface area contributed by atoms with E-state index in [4.69, 9.17) is 0 Å². The molecule has 0 aliphatic carbocycles. The summed E-state index contributed by atoms with van der Waals surface area (Å²) in [5, 5.41) is 0. The summed E-state index contributed by atoms with van der Waals surface area (Å²) in [5.41, 5.74) is 0. The molecule has 0 aromatic rings. The zero-order valence-electron chi connectivity index (χ0n) is 6.05. The fourth-order valence-electron chi connectivity index (χ4n) is 0.702. The van der Waals surface area contributed by atoms with Gasteiger partial charge in [-0.2, -0.15) is 12.6 Å². The highest BCUT2D eigenvalue weighted by Gasteiger charge is 1.86. The Balaban J connectivity index is 2.83. The number of carbonyl (C=O) groups excluding carboxylic acids is 1. The highest BCUT2D eigenvalue weighted by atomic mass is 32.1. The van der Waals surface area contributed by atoms with Crippen LogP contribution < -0.4 is 0 Å². The van der Waals surface area contributed by atoms with Gasteiger partial charge in [0.25, 0.3) is 0 Å². The van der Waals surface area contributed by atoms with Crippen molar-refractivity contribution in [2.45, 2.75) is 25.7 Å². The lowest BCUT2D eigenvalue weighted by Crippen LogP contribution is -1.82. The highest BCUT2D eigenvalue weighted by Crippen LogP contribution is 2.00. The van der Waals surface area contributed by atoms with Crippen LogP contribution in [0.1, 0.15) is 25.7 Å². The molecule has 0 aliphatic rings. The predicted octanol–water partition coefficient (Wildman–Crippen LogP) is 1.81. The van der Waals surface area contributed by atoms with Gasteiger partial charge in [0.2, 0.25) is 6.08 Å². The number of rotatable bonds is 6. The molecule has 3 heteroatoms. The SMILES string of the molecule is O=C=NCCCCCCS. The molecular weight excluding hydrogens is 146 g/mol. The van der Waals surface area contributed by atoms with Crippen molar-refractivity contribution in [1.29, 1.82) is 0 Å². The van der Waals surface area contributed by atoms with Crippen molar-refractivity contribution in [3.63, 3.8) is 0 Å². The van der Waals surface area contributed by atoms with E-state index in [1.807, 2.05) is 0 Å². The van der Waals surface area contributed by atoms with Crippen LogP contribution >= 0.6 is 12.6 Å². The van der Waals surface area contributed by atoms with Crippen molar-refractivity contribution in [1.82, 2.24) is 0 Å². The van der Waals surface area contributed by atoms with Gasteiger partial charge in [0.15, 0.2) is 0 Å². The zero-order chi connectivity index (χ0) is 7.66. The van der Waals surface area contributed by atoms with Crippen molar-refractivity contribution in [2.24, 2.45) is 4.99 Å². The first-order valence-corrected chi connectivity index (χ1v) is 4.19. The van der Waals surface area contributed by atoms with Gasteiger partial charge in [-0.15, -0.1) is 0 Å². The van der Waals surface area contributed by atoms with Crippen molar-refractivity contribution >= 4 is 18.7 Å². The molecule has 58 valence electrons. The van der Waals surface area contributed by atoms with Gasteiger partial charge in [-0.05, 0) is 18.6 Å². The summed E-state index contributed by atoms with van der Waals surface area (Å²) < 4.78 is 0. The van der Waals surface area contributed by atoms with Crippen molar-refractivity contribution in [3.05, 3.63) is 0 Å². The molecule has 0 spiro atoms. The standard InChI is InChI=1S/C7H13NOS/c9-7-8-5-3-1-2-4-6-10/h10H,1-6H2. The van der Waals surface area contributed by atoms with Crippen LogP contribution in [0.4, 0.5) is 0 Å². The Morgan fingerprint density at radius 2 is 1.90 bits per heavy atom. The van der Waals surface area contributed by atoms with E-state index >= 15 is 0 Å². The van der Waals surface area contributed by atoms with E-state index in [0.29, 0.717) is 6.54 Å². The van der Waals surface area contributed by atoms with Crippen molar-refractivity contribution in [2.75, 3.05) is 12.3 Å². The molecular formula is C7H13NOS. The van der Waals surface area contributed by atoms with Gasteiger partial charge in [-0.3, -0.25) is 0 Å². The first kappa shape index (κ1) is 9.73. The second kappa shape index (κ2) is 8.73. The summed E-state index contributed by atoms with van der Waals surface area (Å²) in [7, 11) is 0. The number of aliphatic imine (C=N–C) groups is 1. The Morgan fingerprint density at radius 1 is 1.20 bits per heavy atom. The van der Waals surface area contributed by atoms with Crippen LogP contribution in [-0.4, -0.2) is 18.4 Å². The monoisotopic (exact) mass is 159 g/mol. The zero-order valence-corrected chi connectivity index (χ0v) is 6.94. The second-order valence-corrected chi connectivity index (χ2v) is 2.56. The molecule has 0 aromatic heterocycles. The lowest BCUT2D eigenvalue weighted by atomic mass is 10.2. The summed E-state index contributed by atoms with van der Waals surface area (Å²) in [6.07, 6.45) is 6.02. The molecule has 0 unspecified atom stereocenters. The topological polar surface area (TPSA) is 29.4 Å². The van der Waals surface area contributed by atoms with Crippen LogP contribution in [0, 0.1) is 0 Å². The third-order valence-corrected chi connectivity index (χ3v) is 1.56. The smallest absolute Gasteiger partial charge is 0.211 e. The van der Waals surface area contributed by atoms with E-state index < -0.39 is 0 Å². The molecule has 0 amide bonds. The summed E-state index contributed by atoms with van der Waals surface area (Å²) >= 11 is 4.08. The molecule has 0 aromatic carbocycles. The normalized spacial score (nSPS) is 8.90. The fourth-order valence-corrected chi connectivity index (χ4v) is 0.925. The Kier molecular flexibility index (Phi) is 8.49. The van der Waals surface area contributed by atoms with Gasteiger partial charge in [0.1, 0.15) is 0 Å². The molecule has 0 atom stereocenters. The first-order chi connectivity index (χ1) is 4.91. The van der Waals surface area contributed by atoms with Crippen LogP contribution in [0.2, 0.25) is 0 Å². The van der Waals surface area contributed by atoms with Gasteiger partial charge in [-0.25, -0.2) is 9.79 Å². The van der Waals surface area contributed by atoms with E-state index in [1.54, 1.807) is 0 Å². The average Bonchev–Trinajstić information content (AvgIpc) is 1.97. The molecule has 0 radical (unpaired) electrons. The molecule has 2 nitrogen and oxygen atoms in total. The number of isocyanates is 1. The minimum absolute atomic E-state index is 0.635. The Morgan fingerprint density at radius 3 is 2.50 bits per heavy atom. The summed E-state index contributed by atoms with van der Waals surface area (Å²) in [6.45, 7) is 0.635. The van der Waals surface area contributed by atoms with E-state index in [1.165, 1.54) is 12.5 Å². The molecule has 0 rings (SSSR count). The van der Waals surface area contributed by atoms with Crippen LogP contribution in [0.25, 0.3) is 0 Å². The minimum atomic E-state index is 0.635. The fraction of sp³-hybridized carbons (Fsp3) is 0.857. The molecule has 10 heavy (non-hydrogen) atoms. The predicted molar refractivity (Wildman–Crippen MR) is 45.3 cm³/mol. The minimum Gasteiger partial charge on any atom is -0.211 e. The van der Waals surface area contributed by atoms with E-state index in [2.05, 4.69) is 17.6 Å². The largest absolute Gasteiger partial charge is 0.234 e.